The Morgan fingerprint density at radius 2 is 1.84 bits per heavy atom. The number of esters is 1. The summed E-state index contributed by atoms with van der Waals surface area (Å²) in [7, 11) is 1.35. The van der Waals surface area contributed by atoms with E-state index in [0.29, 0.717) is 0 Å². The molecule has 32 heavy (non-hydrogen) atoms. The molecule has 1 aromatic carbocycles. The van der Waals surface area contributed by atoms with Gasteiger partial charge in [-0.1, -0.05) is 0 Å². The van der Waals surface area contributed by atoms with Gasteiger partial charge in [-0.2, -0.15) is 0 Å². The van der Waals surface area contributed by atoms with Gasteiger partial charge in [-0.25, -0.2) is 8.78 Å². The largest absolute Gasteiger partial charge is 0.468 e. The monoisotopic (exact) mass is 441 g/mol. The van der Waals surface area contributed by atoms with E-state index >= 15 is 0 Å². The first-order valence-corrected chi connectivity index (χ1v) is 10.6. The highest BCUT2D eigenvalue weighted by Crippen LogP contribution is 2.40. The maximum absolute atomic E-state index is 14.1. The quantitative estimate of drug-likeness (QED) is 0.601. The number of amides is 1. The lowest BCUT2D eigenvalue weighted by Gasteiger charge is -2.29. The molecule has 1 fully saturated rings. The molecule has 6 nitrogen and oxygen atoms in total. The van der Waals surface area contributed by atoms with Gasteiger partial charge >= 0.3 is 5.97 Å². The number of carbonyl (C=O) groups excluding carboxylic acids is 2. The Morgan fingerprint density at radius 3 is 2.53 bits per heavy atom. The smallest absolute Gasteiger partial charge is 0.325 e. The predicted molar refractivity (Wildman–Crippen MR) is 115 cm³/mol. The Bertz CT molecular complexity index is 1170. The van der Waals surface area contributed by atoms with Crippen LogP contribution in [0.15, 0.2) is 36.5 Å². The zero-order chi connectivity index (χ0) is 22.8. The lowest BCUT2D eigenvalue weighted by atomic mass is 9.80. The molecule has 1 amide bonds. The van der Waals surface area contributed by atoms with Gasteiger partial charge in [-0.3, -0.25) is 14.6 Å². The molecule has 2 aromatic heterocycles. The molecule has 0 saturated heterocycles. The molecule has 0 bridgehead atoms. The second kappa shape index (κ2) is 9.06. The molecule has 1 aliphatic rings. The van der Waals surface area contributed by atoms with Crippen LogP contribution in [-0.4, -0.2) is 34.6 Å². The van der Waals surface area contributed by atoms with Crippen LogP contribution in [0.2, 0.25) is 0 Å². The molecule has 1 N–H and O–H groups in total. The third-order valence-electron chi connectivity index (χ3n) is 6.27. The number of aromatic nitrogens is 2. The van der Waals surface area contributed by atoms with E-state index in [1.807, 2.05) is 11.5 Å². The normalized spacial score (nSPS) is 18.5. The van der Waals surface area contributed by atoms with Crippen molar-refractivity contribution in [2.45, 2.75) is 51.1 Å². The summed E-state index contributed by atoms with van der Waals surface area (Å²) in [4.78, 5) is 28.2. The molecular formula is C24H25F2N3O3. The molecule has 0 atom stereocenters. The number of fused-ring (bicyclic) bond motifs is 1. The van der Waals surface area contributed by atoms with E-state index in [1.54, 1.807) is 6.07 Å². The van der Waals surface area contributed by atoms with Gasteiger partial charge in [-0.05, 0) is 68.4 Å². The summed E-state index contributed by atoms with van der Waals surface area (Å²) in [6, 6.07) is 6.89. The highest BCUT2D eigenvalue weighted by Gasteiger charge is 2.29. The minimum Gasteiger partial charge on any atom is -0.468 e. The molecule has 2 heterocycles. The summed E-state index contributed by atoms with van der Waals surface area (Å²) in [6.45, 7) is 2.01. The Kier molecular flexibility index (Phi) is 6.21. The molecule has 0 radical (unpaired) electrons. The first kappa shape index (κ1) is 21.9. The van der Waals surface area contributed by atoms with Crippen LogP contribution in [0.3, 0.4) is 0 Å². The van der Waals surface area contributed by atoms with Crippen molar-refractivity contribution in [3.63, 3.8) is 0 Å². The number of carbonyl (C=O) groups is 2. The molecule has 8 heteroatoms. The van der Waals surface area contributed by atoms with Crippen LogP contribution in [0, 0.1) is 18.6 Å². The van der Waals surface area contributed by atoms with Crippen LogP contribution in [0.1, 0.15) is 53.3 Å². The first-order chi connectivity index (χ1) is 15.4. The summed E-state index contributed by atoms with van der Waals surface area (Å²) in [6.07, 6.45) is 4.36. The van der Waals surface area contributed by atoms with Crippen LogP contribution in [-0.2, 0) is 16.1 Å². The van der Waals surface area contributed by atoms with E-state index in [0.717, 1.165) is 53.9 Å². The maximum atomic E-state index is 14.1. The van der Waals surface area contributed by atoms with Gasteiger partial charge in [0, 0.05) is 34.9 Å². The third-order valence-corrected chi connectivity index (χ3v) is 6.27. The number of benzene rings is 1. The Labute approximate surface area is 184 Å². The molecule has 3 aromatic rings. The summed E-state index contributed by atoms with van der Waals surface area (Å²) < 4.78 is 34.1. The molecule has 168 valence electrons. The second-order valence-corrected chi connectivity index (χ2v) is 8.20. The molecule has 0 aliphatic heterocycles. The Morgan fingerprint density at radius 1 is 1.12 bits per heavy atom. The van der Waals surface area contributed by atoms with Gasteiger partial charge < -0.3 is 14.6 Å². The van der Waals surface area contributed by atoms with Gasteiger partial charge in [0.05, 0.1) is 7.11 Å². The fraction of sp³-hybridized carbons (Fsp3) is 0.375. The predicted octanol–water partition coefficient (Wildman–Crippen LogP) is 4.25. The third kappa shape index (κ3) is 4.35. The van der Waals surface area contributed by atoms with Gasteiger partial charge in [0.1, 0.15) is 23.9 Å². The number of halogens is 2. The van der Waals surface area contributed by atoms with Crippen LogP contribution in [0.25, 0.3) is 10.9 Å². The van der Waals surface area contributed by atoms with Crippen molar-refractivity contribution in [3.05, 3.63) is 65.1 Å². The average Bonchev–Trinajstić information content (AvgIpc) is 3.04. The number of pyridine rings is 1. The molecule has 0 spiro atoms. The standard InChI is InChI=1S/C24H25F2N3O3/c1-14-23(19-11-16(25)5-8-21(19)29(14)13-22(30)32-2)15-3-6-18(7-4-15)28-24(31)20-12-17(26)9-10-27-20/h5,8-12,15,18H,3-4,6-7,13H2,1-2H3,(H,28,31). The fourth-order valence-corrected chi connectivity index (χ4v) is 4.71. The van der Waals surface area contributed by atoms with Crippen molar-refractivity contribution in [3.8, 4) is 0 Å². The SMILES string of the molecule is COC(=O)Cn1c(C)c(C2CCC(NC(=O)c3cc(F)ccn3)CC2)c2cc(F)ccc21. The Balaban J connectivity index is 1.52. The lowest BCUT2D eigenvalue weighted by molar-refractivity contribution is -0.141. The Hall–Kier alpha value is -3.29. The van der Waals surface area contributed by atoms with Crippen molar-refractivity contribution in [1.82, 2.24) is 14.9 Å². The number of nitrogens with zero attached hydrogens (tertiary/aromatic N) is 2. The summed E-state index contributed by atoms with van der Waals surface area (Å²) >= 11 is 0. The average molecular weight is 441 g/mol. The maximum Gasteiger partial charge on any atom is 0.325 e. The highest BCUT2D eigenvalue weighted by atomic mass is 19.1. The van der Waals surface area contributed by atoms with Crippen molar-refractivity contribution < 1.29 is 23.1 Å². The van der Waals surface area contributed by atoms with Crippen molar-refractivity contribution in [1.29, 1.82) is 0 Å². The number of rotatable bonds is 5. The summed E-state index contributed by atoms with van der Waals surface area (Å²) in [5.74, 6) is -1.39. The molecular weight excluding hydrogens is 416 g/mol. The zero-order valence-electron chi connectivity index (χ0n) is 18.0. The summed E-state index contributed by atoms with van der Waals surface area (Å²) in [5, 5.41) is 3.75. The van der Waals surface area contributed by atoms with E-state index < -0.39 is 5.82 Å². The van der Waals surface area contributed by atoms with Crippen molar-refractivity contribution in [2.24, 2.45) is 0 Å². The minimum absolute atomic E-state index is 0.0377. The van der Waals surface area contributed by atoms with E-state index in [9.17, 15) is 18.4 Å². The molecule has 1 aliphatic carbocycles. The second-order valence-electron chi connectivity index (χ2n) is 8.20. The molecule has 4 rings (SSSR count). The minimum atomic E-state index is -0.500. The number of methoxy groups -OCH3 is 1. The number of ether oxygens (including phenoxy) is 1. The fourth-order valence-electron chi connectivity index (χ4n) is 4.71. The highest BCUT2D eigenvalue weighted by molar-refractivity contribution is 5.92. The van der Waals surface area contributed by atoms with Crippen LogP contribution >= 0.6 is 0 Å². The first-order valence-electron chi connectivity index (χ1n) is 10.6. The van der Waals surface area contributed by atoms with Crippen molar-refractivity contribution in [2.75, 3.05) is 7.11 Å². The van der Waals surface area contributed by atoms with E-state index in [2.05, 4.69) is 10.3 Å². The van der Waals surface area contributed by atoms with Crippen LogP contribution in [0.4, 0.5) is 8.78 Å². The van der Waals surface area contributed by atoms with Gasteiger partial charge in [-0.15, -0.1) is 0 Å². The topological polar surface area (TPSA) is 73.2 Å². The number of hydrogen-bond donors (Lipinski definition) is 1. The van der Waals surface area contributed by atoms with E-state index in [4.69, 9.17) is 4.74 Å². The van der Waals surface area contributed by atoms with Crippen LogP contribution in [0.5, 0.6) is 0 Å². The van der Waals surface area contributed by atoms with Gasteiger partial charge in [0.15, 0.2) is 0 Å². The molecule has 1 saturated carbocycles. The molecule has 0 unspecified atom stereocenters. The van der Waals surface area contributed by atoms with Crippen LogP contribution < -0.4 is 5.32 Å². The zero-order valence-corrected chi connectivity index (χ0v) is 18.0. The van der Waals surface area contributed by atoms with Gasteiger partial charge in [0.2, 0.25) is 0 Å². The van der Waals surface area contributed by atoms with Gasteiger partial charge in [0.25, 0.3) is 5.91 Å². The number of hydrogen-bond acceptors (Lipinski definition) is 4. The summed E-state index contributed by atoms with van der Waals surface area (Å²) in [5.41, 5.74) is 2.83. The number of nitrogens with one attached hydrogen (secondary N) is 1. The lowest BCUT2D eigenvalue weighted by Crippen LogP contribution is -2.37. The van der Waals surface area contributed by atoms with E-state index in [1.165, 1.54) is 31.5 Å². The van der Waals surface area contributed by atoms with Crippen molar-refractivity contribution >= 4 is 22.8 Å². The van der Waals surface area contributed by atoms with E-state index in [-0.39, 0.29) is 41.9 Å².